The van der Waals surface area contributed by atoms with Crippen LogP contribution >= 0.6 is 23.2 Å². The second kappa shape index (κ2) is 12.6. The first-order valence-corrected chi connectivity index (χ1v) is 11.6. The average Bonchev–Trinajstić information content (AvgIpc) is 2.78. The van der Waals surface area contributed by atoms with Gasteiger partial charge in [0, 0.05) is 6.42 Å². The standard InChI is InChI=1S/C24H28Cl2F3N3O3/c1-13(2)20(21(33)24(27,28)29)32-23(35)19(12-14-6-4-3-5-7-14)31-22(34)18(30)11-15-8-9-16(25)17(26)10-15/h3-10,13,18-21,33H,11-12,30H2,1-2H3,(H,31,34)(H,32,35). The number of rotatable bonds is 10. The maximum absolute atomic E-state index is 13.1. The lowest BCUT2D eigenvalue weighted by atomic mass is 9.96. The van der Waals surface area contributed by atoms with Crippen LogP contribution in [0.25, 0.3) is 0 Å². The van der Waals surface area contributed by atoms with Crippen molar-refractivity contribution in [3.05, 3.63) is 69.7 Å². The van der Waals surface area contributed by atoms with E-state index in [-0.39, 0.29) is 12.8 Å². The summed E-state index contributed by atoms with van der Waals surface area (Å²) in [6, 6.07) is 9.52. The Kier molecular flexibility index (Phi) is 10.4. The minimum Gasteiger partial charge on any atom is -0.382 e. The molecule has 0 fully saturated rings. The molecule has 0 spiro atoms. The molecule has 5 N–H and O–H groups in total. The van der Waals surface area contributed by atoms with Crippen LogP contribution in [0.4, 0.5) is 13.2 Å². The summed E-state index contributed by atoms with van der Waals surface area (Å²) in [6.07, 6.45) is -7.60. The molecule has 0 aliphatic rings. The van der Waals surface area contributed by atoms with Crippen LogP contribution in [-0.2, 0) is 22.4 Å². The number of aliphatic hydroxyl groups excluding tert-OH is 1. The van der Waals surface area contributed by atoms with Gasteiger partial charge in [0.05, 0.1) is 22.1 Å². The summed E-state index contributed by atoms with van der Waals surface area (Å²) in [5.74, 6) is -2.28. The maximum atomic E-state index is 13.1. The number of carbonyl (C=O) groups excluding carboxylic acids is 2. The molecule has 2 amide bonds. The fourth-order valence-corrected chi connectivity index (χ4v) is 3.75. The lowest BCUT2D eigenvalue weighted by molar-refractivity contribution is -0.215. The highest BCUT2D eigenvalue weighted by molar-refractivity contribution is 6.42. The average molecular weight is 534 g/mol. The van der Waals surface area contributed by atoms with Crippen molar-refractivity contribution in [1.29, 1.82) is 0 Å². The fraction of sp³-hybridized carbons (Fsp3) is 0.417. The Hall–Kier alpha value is -2.33. The molecule has 0 bridgehead atoms. The monoisotopic (exact) mass is 533 g/mol. The van der Waals surface area contributed by atoms with Crippen molar-refractivity contribution in [2.45, 2.75) is 57.1 Å². The third-order valence-electron chi connectivity index (χ3n) is 5.39. The van der Waals surface area contributed by atoms with E-state index in [1.807, 2.05) is 0 Å². The lowest BCUT2D eigenvalue weighted by Crippen LogP contribution is -2.59. The van der Waals surface area contributed by atoms with Gasteiger partial charge in [0.2, 0.25) is 11.8 Å². The number of hydrogen-bond acceptors (Lipinski definition) is 4. The Morgan fingerprint density at radius 3 is 2.11 bits per heavy atom. The predicted octanol–water partition coefficient (Wildman–Crippen LogP) is 3.65. The van der Waals surface area contributed by atoms with Crippen molar-refractivity contribution >= 4 is 35.0 Å². The summed E-state index contributed by atoms with van der Waals surface area (Å²) in [6.45, 7) is 2.88. The number of carbonyl (C=O) groups is 2. The number of halogens is 5. The quantitative estimate of drug-likeness (QED) is 0.374. The molecule has 4 atom stereocenters. The van der Waals surface area contributed by atoms with Gasteiger partial charge in [0.25, 0.3) is 0 Å². The molecule has 0 aromatic heterocycles. The van der Waals surface area contributed by atoms with Gasteiger partial charge in [-0.15, -0.1) is 0 Å². The molecule has 4 unspecified atom stereocenters. The largest absolute Gasteiger partial charge is 0.416 e. The van der Waals surface area contributed by atoms with Gasteiger partial charge in [-0.1, -0.05) is 73.4 Å². The Morgan fingerprint density at radius 1 is 0.943 bits per heavy atom. The van der Waals surface area contributed by atoms with Crippen molar-refractivity contribution in [3.63, 3.8) is 0 Å². The number of nitrogens with two attached hydrogens (primary N) is 1. The van der Waals surface area contributed by atoms with E-state index in [0.717, 1.165) is 0 Å². The van der Waals surface area contributed by atoms with Gasteiger partial charge in [-0.05, 0) is 35.6 Å². The smallest absolute Gasteiger partial charge is 0.382 e. The molecular weight excluding hydrogens is 506 g/mol. The highest BCUT2D eigenvalue weighted by Crippen LogP contribution is 2.26. The van der Waals surface area contributed by atoms with Gasteiger partial charge in [0.1, 0.15) is 6.04 Å². The van der Waals surface area contributed by atoms with Crippen LogP contribution in [0.1, 0.15) is 25.0 Å². The lowest BCUT2D eigenvalue weighted by Gasteiger charge is -2.31. The molecule has 0 radical (unpaired) electrons. The topological polar surface area (TPSA) is 104 Å². The van der Waals surface area contributed by atoms with Gasteiger partial charge in [-0.2, -0.15) is 13.2 Å². The number of amides is 2. The van der Waals surface area contributed by atoms with Crippen molar-refractivity contribution in [1.82, 2.24) is 10.6 Å². The Bertz CT molecular complexity index is 1010. The van der Waals surface area contributed by atoms with E-state index < -0.39 is 48.1 Å². The number of aliphatic hydroxyl groups is 1. The van der Waals surface area contributed by atoms with E-state index in [4.69, 9.17) is 28.9 Å². The third kappa shape index (κ3) is 8.68. The molecule has 192 valence electrons. The second-order valence-electron chi connectivity index (χ2n) is 8.57. The number of hydrogen-bond donors (Lipinski definition) is 4. The summed E-state index contributed by atoms with van der Waals surface area (Å²) < 4.78 is 39.4. The van der Waals surface area contributed by atoms with E-state index in [9.17, 15) is 27.9 Å². The van der Waals surface area contributed by atoms with Gasteiger partial charge < -0.3 is 21.5 Å². The first-order valence-electron chi connectivity index (χ1n) is 10.9. The van der Waals surface area contributed by atoms with Crippen molar-refractivity contribution in [2.75, 3.05) is 0 Å². The van der Waals surface area contributed by atoms with Crippen LogP contribution in [0, 0.1) is 5.92 Å². The molecular formula is C24H28Cl2F3N3O3. The first kappa shape index (κ1) is 28.9. The van der Waals surface area contributed by atoms with Crippen LogP contribution in [0.2, 0.25) is 10.0 Å². The summed E-state index contributed by atoms with van der Waals surface area (Å²) >= 11 is 11.9. The number of nitrogens with one attached hydrogen (secondary N) is 2. The van der Waals surface area contributed by atoms with Gasteiger partial charge in [-0.25, -0.2) is 0 Å². The molecule has 0 aliphatic carbocycles. The van der Waals surface area contributed by atoms with Gasteiger partial charge in [0.15, 0.2) is 6.10 Å². The molecule has 35 heavy (non-hydrogen) atoms. The van der Waals surface area contributed by atoms with E-state index in [1.165, 1.54) is 13.8 Å². The van der Waals surface area contributed by atoms with Crippen LogP contribution in [0.3, 0.4) is 0 Å². The Morgan fingerprint density at radius 2 is 1.57 bits per heavy atom. The normalized spacial score (nSPS) is 15.3. The predicted molar refractivity (Wildman–Crippen MR) is 129 cm³/mol. The molecule has 0 saturated heterocycles. The molecule has 0 aliphatic heterocycles. The molecule has 0 saturated carbocycles. The van der Waals surface area contributed by atoms with Crippen molar-refractivity contribution < 1.29 is 27.9 Å². The zero-order valence-electron chi connectivity index (χ0n) is 19.2. The highest BCUT2D eigenvalue weighted by atomic mass is 35.5. The van der Waals surface area contributed by atoms with Crippen LogP contribution in [0.15, 0.2) is 48.5 Å². The number of alkyl halides is 3. The molecule has 11 heteroatoms. The molecule has 2 rings (SSSR count). The highest BCUT2D eigenvalue weighted by Gasteiger charge is 2.45. The SMILES string of the molecule is CC(C)C(NC(=O)C(Cc1ccccc1)NC(=O)C(N)Cc1ccc(Cl)c(Cl)c1)C(O)C(F)(F)F. The third-order valence-corrected chi connectivity index (χ3v) is 6.13. The maximum Gasteiger partial charge on any atom is 0.416 e. The Labute approximate surface area is 212 Å². The zero-order chi connectivity index (χ0) is 26.3. The van der Waals surface area contributed by atoms with Crippen LogP contribution in [-0.4, -0.2) is 47.3 Å². The molecule has 0 heterocycles. The van der Waals surface area contributed by atoms with Crippen LogP contribution < -0.4 is 16.4 Å². The van der Waals surface area contributed by atoms with Crippen LogP contribution in [0.5, 0.6) is 0 Å². The minimum atomic E-state index is -4.93. The van der Waals surface area contributed by atoms with Gasteiger partial charge >= 0.3 is 6.18 Å². The van der Waals surface area contributed by atoms with E-state index in [2.05, 4.69) is 10.6 Å². The van der Waals surface area contributed by atoms with E-state index in [1.54, 1.807) is 48.5 Å². The van der Waals surface area contributed by atoms with Gasteiger partial charge in [-0.3, -0.25) is 9.59 Å². The van der Waals surface area contributed by atoms with Crippen molar-refractivity contribution in [3.8, 4) is 0 Å². The van der Waals surface area contributed by atoms with E-state index >= 15 is 0 Å². The minimum absolute atomic E-state index is 0.00480. The Balaban J connectivity index is 2.20. The van der Waals surface area contributed by atoms with E-state index in [0.29, 0.717) is 21.2 Å². The first-order chi connectivity index (χ1) is 16.3. The molecule has 2 aromatic carbocycles. The summed E-state index contributed by atoms with van der Waals surface area (Å²) in [5.41, 5.74) is 7.33. The second-order valence-corrected chi connectivity index (χ2v) is 9.39. The molecule has 2 aromatic rings. The fourth-order valence-electron chi connectivity index (χ4n) is 3.43. The zero-order valence-corrected chi connectivity index (χ0v) is 20.7. The summed E-state index contributed by atoms with van der Waals surface area (Å²) in [4.78, 5) is 25.8. The molecule has 6 nitrogen and oxygen atoms in total. The van der Waals surface area contributed by atoms with Crippen molar-refractivity contribution in [2.24, 2.45) is 11.7 Å². The number of benzene rings is 2. The summed E-state index contributed by atoms with van der Waals surface area (Å²) in [7, 11) is 0. The summed E-state index contributed by atoms with van der Waals surface area (Å²) in [5, 5.41) is 15.2.